The SMILES string of the molecule is C/C=C(\S)C(=N)c1ccc(F)c2sc(N)c(C#N)c12. The minimum Gasteiger partial charge on any atom is -0.389 e. The van der Waals surface area contributed by atoms with Gasteiger partial charge in [0, 0.05) is 15.9 Å². The zero-order valence-corrected chi connectivity index (χ0v) is 11.7. The predicted molar refractivity (Wildman–Crippen MR) is 80.5 cm³/mol. The molecule has 2 rings (SSSR count). The highest BCUT2D eigenvalue weighted by Crippen LogP contribution is 2.37. The molecular weight excluding hydrogens is 281 g/mol. The van der Waals surface area contributed by atoms with Crippen LogP contribution >= 0.6 is 24.0 Å². The number of allylic oxidation sites excluding steroid dienone is 2. The van der Waals surface area contributed by atoms with Crippen molar-refractivity contribution >= 4 is 44.8 Å². The van der Waals surface area contributed by atoms with Gasteiger partial charge in [-0.05, 0) is 19.1 Å². The monoisotopic (exact) mass is 291 g/mol. The average Bonchev–Trinajstić information content (AvgIpc) is 2.75. The Hall–Kier alpha value is -1.84. The maximum absolute atomic E-state index is 13.8. The summed E-state index contributed by atoms with van der Waals surface area (Å²) in [6.45, 7) is 1.75. The lowest BCUT2D eigenvalue weighted by molar-refractivity contribution is 0.641. The first-order valence-electron chi connectivity index (χ1n) is 5.36. The fraction of sp³-hybridized carbons (Fsp3) is 0.0769. The molecule has 0 saturated heterocycles. The number of benzene rings is 1. The number of fused-ring (bicyclic) bond motifs is 1. The molecule has 1 aromatic carbocycles. The van der Waals surface area contributed by atoms with Gasteiger partial charge in [-0.3, -0.25) is 5.41 Å². The Morgan fingerprint density at radius 1 is 1.58 bits per heavy atom. The molecule has 3 nitrogen and oxygen atoms in total. The Morgan fingerprint density at radius 2 is 2.26 bits per heavy atom. The largest absolute Gasteiger partial charge is 0.389 e. The zero-order chi connectivity index (χ0) is 14.2. The van der Waals surface area contributed by atoms with E-state index in [2.05, 4.69) is 12.6 Å². The van der Waals surface area contributed by atoms with Gasteiger partial charge in [0.2, 0.25) is 0 Å². The molecule has 19 heavy (non-hydrogen) atoms. The molecule has 0 aliphatic carbocycles. The summed E-state index contributed by atoms with van der Waals surface area (Å²) in [5, 5.41) is 17.9. The van der Waals surface area contributed by atoms with E-state index in [1.807, 2.05) is 6.07 Å². The number of thiol groups is 1. The van der Waals surface area contributed by atoms with Gasteiger partial charge < -0.3 is 5.73 Å². The van der Waals surface area contributed by atoms with Crippen LogP contribution in [0.15, 0.2) is 23.1 Å². The van der Waals surface area contributed by atoms with Gasteiger partial charge in [0.05, 0.1) is 16.0 Å². The van der Waals surface area contributed by atoms with E-state index in [0.717, 1.165) is 11.3 Å². The minimum absolute atomic E-state index is 0.144. The standard InChI is InChI=1S/C13H10FN3S2/c1-2-9(18)11(16)6-3-4-8(14)12-10(6)7(5-15)13(17)19-12/h2-4,16,18H,17H2,1H3/b9-2-,16-11?. The molecule has 0 unspecified atom stereocenters. The van der Waals surface area contributed by atoms with Crippen LogP contribution in [0.1, 0.15) is 18.1 Å². The Balaban J connectivity index is 2.88. The molecular formula is C13H10FN3S2. The van der Waals surface area contributed by atoms with Crippen molar-refractivity contribution in [1.82, 2.24) is 0 Å². The fourth-order valence-corrected chi connectivity index (χ4v) is 2.86. The summed E-state index contributed by atoms with van der Waals surface area (Å²) in [6.07, 6.45) is 1.67. The first-order chi connectivity index (χ1) is 9.01. The second kappa shape index (κ2) is 5.03. The molecule has 0 radical (unpaired) electrons. The molecule has 96 valence electrons. The maximum Gasteiger partial charge on any atom is 0.141 e. The summed E-state index contributed by atoms with van der Waals surface area (Å²) in [7, 11) is 0. The first-order valence-corrected chi connectivity index (χ1v) is 6.62. The van der Waals surface area contributed by atoms with Gasteiger partial charge in [-0.15, -0.1) is 24.0 Å². The van der Waals surface area contributed by atoms with Crippen LogP contribution in [0, 0.1) is 22.6 Å². The summed E-state index contributed by atoms with van der Waals surface area (Å²) < 4.78 is 14.1. The van der Waals surface area contributed by atoms with Gasteiger partial charge in [0.15, 0.2) is 0 Å². The van der Waals surface area contributed by atoms with Crippen LogP contribution in [0.3, 0.4) is 0 Å². The number of hydrogen-bond acceptors (Lipinski definition) is 5. The van der Waals surface area contributed by atoms with E-state index in [0.29, 0.717) is 20.6 Å². The number of halogens is 1. The summed E-state index contributed by atoms with van der Waals surface area (Å²) in [6, 6.07) is 4.73. The Kier molecular flexibility index (Phi) is 3.60. The van der Waals surface area contributed by atoms with Gasteiger partial charge in [0.1, 0.15) is 16.9 Å². The molecule has 0 amide bonds. The highest BCUT2D eigenvalue weighted by Gasteiger charge is 2.19. The highest BCUT2D eigenvalue weighted by molar-refractivity contribution is 7.85. The van der Waals surface area contributed by atoms with Gasteiger partial charge in [-0.2, -0.15) is 5.26 Å². The number of thiophene rings is 1. The highest BCUT2D eigenvalue weighted by atomic mass is 32.1. The van der Waals surface area contributed by atoms with Crippen LogP contribution in [0.25, 0.3) is 10.1 Å². The van der Waals surface area contributed by atoms with Crippen molar-refractivity contribution < 1.29 is 4.39 Å². The van der Waals surface area contributed by atoms with Crippen LogP contribution in [0.5, 0.6) is 0 Å². The smallest absolute Gasteiger partial charge is 0.141 e. The normalized spacial score (nSPS) is 11.6. The molecule has 3 N–H and O–H groups in total. The topological polar surface area (TPSA) is 73.7 Å². The van der Waals surface area contributed by atoms with E-state index in [9.17, 15) is 4.39 Å². The molecule has 0 fully saturated rings. The van der Waals surface area contributed by atoms with Gasteiger partial charge >= 0.3 is 0 Å². The van der Waals surface area contributed by atoms with E-state index in [1.54, 1.807) is 13.0 Å². The van der Waals surface area contributed by atoms with E-state index in [1.165, 1.54) is 12.1 Å². The minimum atomic E-state index is -0.439. The van der Waals surface area contributed by atoms with Gasteiger partial charge in [0.25, 0.3) is 0 Å². The molecule has 0 bridgehead atoms. The number of nitrogens with zero attached hydrogens (tertiary/aromatic N) is 1. The maximum atomic E-state index is 13.8. The van der Waals surface area contributed by atoms with Crippen molar-refractivity contribution in [3.63, 3.8) is 0 Å². The van der Waals surface area contributed by atoms with Crippen molar-refractivity contribution in [2.24, 2.45) is 0 Å². The zero-order valence-electron chi connectivity index (χ0n) is 9.99. The summed E-state index contributed by atoms with van der Waals surface area (Å²) in [4.78, 5) is 0.460. The number of rotatable bonds is 2. The van der Waals surface area contributed by atoms with Crippen LogP contribution in [-0.2, 0) is 0 Å². The lowest BCUT2D eigenvalue weighted by atomic mass is 10.0. The molecule has 0 spiro atoms. The van der Waals surface area contributed by atoms with Crippen molar-refractivity contribution in [2.45, 2.75) is 6.92 Å². The Bertz CT molecular complexity index is 753. The fourth-order valence-electron chi connectivity index (χ4n) is 1.79. The van der Waals surface area contributed by atoms with E-state index < -0.39 is 5.82 Å². The summed E-state index contributed by atoms with van der Waals surface area (Å²) in [5.74, 6) is -0.439. The van der Waals surface area contributed by atoms with E-state index in [4.69, 9.17) is 16.4 Å². The molecule has 1 heterocycles. The molecule has 0 atom stereocenters. The first kappa shape index (κ1) is 13.6. The lowest BCUT2D eigenvalue weighted by Crippen LogP contribution is -2.01. The number of nitrogen functional groups attached to an aromatic ring is 1. The van der Waals surface area contributed by atoms with Gasteiger partial charge in [-0.25, -0.2) is 4.39 Å². The third-order valence-corrected chi connectivity index (χ3v) is 4.24. The van der Waals surface area contributed by atoms with Gasteiger partial charge in [-0.1, -0.05) is 6.08 Å². The number of nitrogens with one attached hydrogen (secondary N) is 1. The van der Waals surface area contributed by atoms with Crippen molar-refractivity contribution in [1.29, 1.82) is 10.7 Å². The third kappa shape index (κ3) is 2.11. The second-order valence-corrected chi connectivity index (χ2v) is 5.34. The van der Waals surface area contributed by atoms with Crippen molar-refractivity contribution in [3.8, 4) is 6.07 Å². The van der Waals surface area contributed by atoms with Crippen molar-refractivity contribution in [2.75, 3.05) is 5.73 Å². The second-order valence-electron chi connectivity index (χ2n) is 3.80. The molecule has 0 aliphatic rings. The molecule has 2 aromatic rings. The number of anilines is 1. The van der Waals surface area contributed by atoms with Crippen molar-refractivity contribution in [3.05, 3.63) is 40.1 Å². The average molecular weight is 291 g/mol. The number of nitriles is 1. The molecule has 6 heteroatoms. The summed E-state index contributed by atoms with van der Waals surface area (Å²) in [5.41, 5.74) is 6.56. The molecule has 1 aromatic heterocycles. The lowest BCUT2D eigenvalue weighted by Gasteiger charge is -2.06. The van der Waals surface area contributed by atoms with E-state index in [-0.39, 0.29) is 16.3 Å². The Labute approximate surface area is 119 Å². The summed E-state index contributed by atoms with van der Waals surface area (Å²) >= 11 is 5.21. The molecule has 0 aliphatic heterocycles. The van der Waals surface area contributed by atoms with Crippen LogP contribution in [0.4, 0.5) is 9.39 Å². The third-order valence-electron chi connectivity index (χ3n) is 2.73. The van der Waals surface area contributed by atoms with E-state index >= 15 is 0 Å². The van der Waals surface area contributed by atoms with Crippen LogP contribution < -0.4 is 5.73 Å². The number of hydrogen-bond donors (Lipinski definition) is 3. The quantitative estimate of drug-likeness (QED) is 0.583. The van der Waals surface area contributed by atoms with Crippen LogP contribution in [-0.4, -0.2) is 5.71 Å². The molecule has 0 saturated carbocycles. The predicted octanol–water partition coefficient (Wildman–Crippen LogP) is 3.70. The Morgan fingerprint density at radius 3 is 2.84 bits per heavy atom. The number of nitrogens with two attached hydrogens (primary N) is 1. The van der Waals surface area contributed by atoms with Crippen LogP contribution in [0.2, 0.25) is 0 Å².